The lowest BCUT2D eigenvalue weighted by Crippen LogP contribution is -2.40. The minimum absolute atomic E-state index is 0.179. The van der Waals surface area contributed by atoms with Gasteiger partial charge in [-0.15, -0.1) is 0 Å². The molecule has 0 spiro atoms. The summed E-state index contributed by atoms with van der Waals surface area (Å²) in [6, 6.07) is 0. The molecule has 0 saturated carbocycles. The molecule has 9 heteroatoms. The smallest absolute Gasteiger partial charge is 0.361 e. The van der Waals surface area contributed by atoms with Crippen molar-refractivity contribution in [2.75, 3.05) is 47.5 Å². The third-order valence-corrected chi connectivity index (χ3v) is 12.3. The Labute approximate surface area is 395 Å². The predicted molar refractivity (Wildman–Crippen MR) is 268 cm³/mol. The molecule has 0 aromatic rings. The molecule has 64 heavy (non-hydrogen) atoms. The maximum atomic E-state index is 12.7. The number of carbonyl (C=O) groups excluding carboxylic acids is 2. The van der Waals surface area contributed by atoms with Crippen LogP contribution in [-0.2, 0) is 33.3 Å². The maximum absolute atomic E-state index is 12.7. The van der Waals surface area contributed by atoms with E-state index < -0.39 is 24.3 Å². The van der Waals surface area contributed by atoms with Gasteiger partial charge in [-0.1, -0.05) is 231 Å². The number of rotatable bonds is 51. The van der Waals surface area contributed by atoms with Crippen molar-refractivity contribution in [2.45, 2.75) is 277 Å². The second-order valence-corrected chi connectivity index (χ2v) is 19.9. The van der Waals surface area contributed by atoms with Gasteiger partial charge >= 0.3 is 17.9 Å². The second kappa shape index (κ2) is 47.5. The summed E-state index contributed by atoms with van der Waals surface area (Å²) in [4.78, 5) is 37.2. The molecule has 9 nitrogen and oxygen atoms in total. The van der Waals surface area contributed by atoms with Crippen LogP contribution in [-0.4, -0.2) is 87.4 Å². The summed E-state index contributed by atoms with van der Waals surface area (Å²) >= 11 is 0. The predicted octanol–water partition coefficient (Wildman–Crippen LogP) is 15.4. The first-order valence-corrected chi connectivity index (χ1v) is 27.4. The number of carbonyl (C=O) groups is 3. The molecule has 0 aromatic heterocycles. The van der Waals surface area contributed by atoms with E-state index in [1.165, 1.54) is 173 Å². The lowest BCUT2D eigenvalue weighted by atomic mass is 10.0. The summed E-state index contributed by atoms with van der Waals surface area (Å²) in [6.07, 6.45) is 50.2. The molecule has 0 aliphatic carbocycles. The van der Waals surface area contributed by atoms with E-state index in [4.69, 9.17) is 18.9 Å². The van der Waals surface area contributed by atoms with Crippen LogP contribution in [0.25, 0.3) is 0 Å². The number of quaternary nitrogens is 1. The average Bonchev–Trinajstić information content (AvgIpc) is 3.26. The maximum Gasteiger partial charge on any atom is 0.361 e. The number of nitrogens with zero attached hydrogens (tertiary/aromatic N) is 1. The first-order chi connectivity index (χ1) is 31.1. The average molecular weight is 909 g/mol. The van der Waals surface area contributed by atoms with Crippen molar-refractivity contribution in [2.24, 2.45) is 0 Å². The van der Waals surface area contributed by atoms with Crippen LogP contribution in [0.4, 0.5) is 0 Å². The van der Waals surface area contributed by atoms with E-state index in [2.05, 4.69) is 26.0 Å². The lowest BCUT2D eigenvalue weighted by molar-refractivity contribution is -0.870. The first-order valence-electron chi connectivity index (χ1n) is 27.4. The van der Waals surface area contributed by atoms with Gasteiger partial charge in [-0.25, -0.2) is 4.79 Å². The van der Waals surface area contributed by atoms with Crippen molar-refractivity contribution < 1.29 is 42.9 Å². The van der Waals surface area contributed by atoms with Gasteiger partial charge < -0.3 is 28.5 Å². The molecule has 1 N–H and O–H groups in total. The second-order valence-electron chi connectivity index (χ2n) is 19.9. The Morgan fingerprint density at radius 2 is 0.812 bits per heavy atom. The highest BCUT2D eigenvalue weighted by Gasteiger charge is 2.25. The van der Waals surface area contributed by atoms with E-state index in [0.717, 1.165) is 57.8 Å². The zero-order valence-corrected chi connectivity index (χ0v) is 43.0. The first kappa shape index (κ1) is 62.0. The molecular formula is C55H106NO8+. The molecule has 0 bridgehead atoms. The lowest BCUT2D eigenvalue weighted by Gasteiger charge is -2.25. The van der Waals surface area contributed by atoms with Crippen LogP contribution in [0, 0.1) is 0 Å². The number of ether oxygens (including phenoxy) is 4. The molecular weight excluding hydrogens is 803 g/mol. The fraction of sp³-hybridized carbons (Fsp3) is 0.909. The summed E-state index contributed by atoms with van der Waals surface area (Å²) in [6.45, 7) is 4.86. The molecule has 378 valence electrons. The SMILES string of the molecule is CCCC/C=C\CCCCCCCC(=O)OC(COC(=O)CCCCCCCCCCCCCCCCCCCCCCCCCCCCCC)COC(OCC[N+](C)(C)C)C(=O)O. The van der Waals surface area contributed by atoms with Crippen molar-refractivity contribution in [3.63, 3.8) is 0 Å². The number of hydrogen-bond donors (Lipinski definition) is 1. The molecule has 0 rings (SSSR count). The Balaban J connectivity index is 4.06. The van der Waals surface area contributed by atoms with Crippen molar-refractivity contribution in [3.8, 4) is 0 Å². The highest BCUT2D eigenvalue weighted by atomic mass is 16.7. The Hall–Kier alpha value is -1.97. The van der Waals surface area contributed by atoms with Crippen molar-refractivity contribution in [3.05, 3.63) is 12.2 Å². The molecule has 2 atom stereocenters. The monoisotopic (exact) mass is 909 g/mol. The Morgan fingerprint density at radius 3 is 1.20 bits per heavy atom. The third kappa shape index (κ3) is 48.0. The van der Waals surface area contributed by atoms with Crippen LogP contribution < -0.4 is 0 Å². The van der Waals surface area contributed by atoms with Gasteiger partial charge in [0.2, 0.25) is 0 Å². The van der Waals surface area contributed by atoms with Crippen LogP contribution in [0.5, 0.6) is 0 Å². The van der Waals surface area contributed by atoms with E-state index in [-0.39, 0.29) is 32.2 Å². The molecule has 2 unspecified atom stereocenters. The zero-order chi connectivity index (χ0) is 47.0. The topological polar surface area (TPSA) is 108 Å². The van der Waals surface area contributed by atoms with E-state index >= 15 is 0 Å². The molecule has 0 amide bonds. The van der Waals surface area contributed by atoms with Gasteiger partial charge in [0.1, 0.15) is 13.2 Å². The molecule has 0 saturated heterocycles. The van der Waals surface area contributed by atoms with Crippen molar-refractivity contribution >= 4 is 17.9 Å². The molecule has 0 fully saturated rings. The van der Waals surface area contributed by atoms with Gasteiger partial charge in [-0.3, -0.25) is 9.59 Å². The quantitative estimate of drug-likeness (QED) is 0.0211. The summed E-state index contributed by atoms with van der Waals surface area (Å²) in [5.74, 6) is -2.00. The van der Waals surface area contributed by atoms with Crippen LogP contribution in [0.1, 0.15) is 264 Å². The van der Waals surface area contributed by atoms with Gasteiger partial charge in [0, 0.05) is 12.8 Å². The molecule has 0 aromatic carbocycles. The zero-order valence-electron chi connectivity index (χ0n) is 43.0. The number of carboxylic acid groups (broad SMARTS) is 1. The Morgan fingerprint density at radius 1 is 0.453 bits per heavy atom. The Kier molecular flexibility index (Phi) is 46.1. The van der Waals surface area contributed by atoms with Crippen molar-refractivity contribution in [1.29, 1.82) is 0 Å². The number of likely N-dealkylation sites (N-methyl/N-ethyl adjacent to an activating group) is 1. The van der Waals surface area contributed by atoms with Crippen LogP contribution in [0.2, 0.25) is 0 Å². The number of hydrogen-bond acceptors (Lipinski definition) is 7. The highest BCUT2D eigenvalue weighted by molar-refractivity contribution is 5.71. The van der Waals surface area contributed by atoms with Crippen molar-refractivity contribution in [1.82, 2.24) is 0 Å². The van der Waals surface area contributed by atoms with Gasteiger partial charge in [0.15, 0.2) is 6.10 Å². The molecule has 0 aliphatic heterocycles. The molecule has 0 radical (unpaired) electrons. The largest absolute Gasteiger partial charge is 0.477 e. The summed E-state index contributed by atoms with van der Waals surface area (Å²) < 4.78 is 22.8. The minimum Gasteiger partial charge on any atom is -0.477 e. The normalized spacial score (nSPS) is 12.8. The van der Waals surface area contributed by atoms with Gasteiger partial charge in [-0.2, -0.15) is 0 Å². The van der Waals surface area contributed by atoms with Crippen LogP contribution in [0.3, 0.4) is 0 Å². The van der Waals surface area contributed by atoms with Gasteiger partial charge in [0.25, 0.3) is 6.29 Å². The summed E-state index contributed by atoms with van der Waals surface area (Å²) in [5, 5.41) is 9.65. The number of aliphatic carboxylic acids is 1. The Bertz CT molecular complexity index is 1060. The number of allylic oxidation sites excluding steroid dienone is 2. The highest BCUT2D eigenvalue weighted by Crippen LogP contribution is 2.17. The number of esters is 2. The fourth-order valence-corrected chi connectivity index (χ4v) is 8.00. The van der Waals surface area contributed by atoms with Gasteiger partial charge in [-0.05, 0) is 32.1 Å². The number of unbranched alkanes of at least 4 members (excludes halogenated alkanes) is 34. The third-order valence-electron chi connectivity index (χ3n) is 12.3. The molecule has 0 heterocycles. The van der Waals surface area contributed by atoms with E-state index in [1.807, 2.05) is 21.1 Å². The minimum atomic E-state index is -1.51. The van der Waals surface area contributed by atoms with Crippen LogP contribution >= 0.6 is 0 Å². The van der Waals surface area contributed by atoms with E-state index in [9.17, 15) is 19.5 Å². The summed E-state index contributed by atoms with van der Waals surface area (Å²) in [5.41, 5.74) is 0. The fourth-order valence-electron chi connectivity index (χ4n) is 8.00. The number of carboxylic acids is 1. The van der Waals surface area contributed by atoms with E-state index in [0.29, 0.717) is 23.9 Å². The van der Waals surface area contributed by atoms with Crippen LogP contribution in [0.15, 0.2) is 12.2 Å². The molecule has 0 aliphatic rings. The van der Waals surface area contributed by atoms with E-state index in [1.54, 1.807) is 0 Å². The van der Waals surface area contributed by atoms with Gasteiger partial charge in [0.05, 0.1) is 34.4 Å². The standard InChI is InChI=1S/C55H105NO8/c1-6-8-10-12-14-16-18-19-20-21-22-23-24-25-26-27-28-29-30-31-32-33-34-36-37-39-41-43-45-52(57)62-49-51(50-63-55(54(59)60)61-48-47-56(3,4)5)64-53(58)46-44-42-40-38-35-17-15-13-11-9-7-2/h13,15,51,55H,6-12,14,16-50H2,1-5H3/p+1/b15-13-. The summed E-state index contributed by atoms with van der Waals surface area (Å²) in [7, 11) is 5.96.